The highest BCUT2D eigenvalue weighted by Crippen LogP contribution is 2.41. The Bertz CT molecular complexity index is 3520. The number of aromatic nitrogens is 3. The van der Waals surface area contributed by atoms with Crippen LogP contribution in [0.25, 0.3) is 116 Å². The van der Waals surface area contributed by atoms with E-state index in [2.05, 4.69) is 144 Å². The Morgan fingerprint density at radius 3 is 1.84 bits per heavy atom. The third kappa shape index (κ3) is 5.03. The summed E-state index contributed by atoms with van der Waals surface area (Å²) in [6.45, 7) is 0. The van der Waals surface area contributed by atoms with Crippen molar-refractivity contribution in [3.05, 3.63) is 188 Å². The fourth-order valence-corrected chi connectivity index (χ4v) is 8.56. The number of rotatable bonds is 5. The van der Waals surface area contributed by atoms with Gasteiger partial charge in [0.05, 0.1) is 22.4 Å². The Morgan fingerprint density at radius 2 is 0.965 bits per heavy atom. The highest BCUT2D eigenvalue weighted by atomic mass is 16.3. The number of hydrogen-bond donors (Lipinski definition) is 0. The van der Waals surface area contributed by atoms with Crippen LogP contribution in [0.4, 0.5) is 0 Å². The first-order valence-electron chi connectivity index (χ1n) is 19.1. The standard InChI is InChI=1S/C52H31N3O2/c1-3-12-32(13-4-1)43-31-44(35-23-26-40-39-17-8-10-20-47(39)57-50(40)30-35)54-52(53-43)41-18-11-21-49-51(41)42-28-33(24-27-48(42)56-49)34-22-25-38-37-16-7-9-19-45(37)55(46(38)29-34)36-14-5-2-6-15-36/h1-31H. The molecule has 57 heavy (non-hydrogen) atoms. The van der Waals surface area contributed by atoms with Crippen LogP contribution < -0.4 is 0 Å². The van der Waals surface area contributed by atoms with Gasteiger partial charge in [0, 0.05) is 54.7 Å². The lowest BCUT2D eigenvalue weighted by molar-refractivity contribution is 0.668. The molecule has 0 saturated carbocycles. The molecule has 5 nitrogen and oxygen atoms in total. The normalized spacial score (nSPS) is 11.9. The van der Waals surface area contributed by atoms with Crippen molar-refractivity contribution in [2.75, 3.05) is 0 Å². The summed E-state index contributed by atoms with van der Waals surface area (Å²) >= 11 is 0. The molecule has 0 radical (unpaired) electrons. The Labute approximate surface area is 326 Å². The zero-order valence-electron chi connectivity index (χ0n) is 30.6. The van der Waals surface area contributed by atoms with Crippen molar-refractivity contribution in [2.45, 2.75) is 0 Å². The molecule has 0 fully saturated rings. The number of nitrogens with zero attached hydrogens (tertiary/aromatic N) is 3. The Balaban J connectivity index is 1.04. The van der Waals surface area contributed by atoms with E-state index in [1.807, 2.05) is 48.5 Å². The van der Waals surface area contributed by atoms with Crippen molar-refractivity contribution < 1.29 is 8.83 Å². The molecule has 0 atom stereocenters. The average Bonchev–Trinajstić information content (AvgIpc) is 3.95. The van der Waals surface area contributed by atoms with Crippen molar-refractivity contribution >= 4 is 65.7 Å². The topological polar surface area (TPSA) is 57.0 Å². The maximum atomic E-state index is 6.53. The molecule has 0 amide bonds. The second-order valence-corrected chi connectivity index (χ2v) is 14.5. The fourth-order valence-electron chi connectivity index (χ4n) is 8.56. The summed E-state index contributed by atoms with van der Waals surface area (Å²) in [6.07, 6.45) is 0. The van der Waals surface area contributed by atoms with Crippen LogP contribution in [0.15, 0.2) is 197 Å². The maximum absolute atomic E-state index is 6.53. The van der Waals surface area contributed by atoms with Gasteiger partial charge in [-0.3, -0.25) is 0 Å². The molecule has 266 valence electrons. The SMILES string of the molecule is c1ccc(-c2cc(-c3ccc4c(c3)oc3ccccc34)nc(-c3cccc4oc5ccc(-c6ccc7c8ccccc8n(-c8ccccc8)c7c6)cc5c34)n2)cc1. The number of furan rings is 2. The summed E-state index contributed by atoms with van der Waals surface area (Å²) in [5.74, 6) is 0.628. The van der Waals surface area contributed by atoms with Gasteiger partial charge in [-0.05, 0) is 77.9 Å². The van der Waals surface area contributed by atoms with Crippen LogP contribution in [0.3, 0.4) is 0 Å². The Kier molecular flexibility index (Phi) is 6.86. The Hall–Kier alpha value is -7.76. The van der Waals surface area contributed by atoms with Gasteiger partial charge in [0.2, 0.25) is 0 Å². The smallest absolute Gasteiger partial charge is 0.161 e. The van der Waals surface area contributed by atoms with E-state index in [0.29, 0.717) is 5.82 Å². The number of benzene rings is 8. The van der Waals surface area contributed by atoms with E-state index in [-0.39, 0.29) is 0 Å². The van der Waals surface area contributed by atoms with Gasteiger partial charge in [-0.25, -0.2) is 9.97 Å². The van der Waals surface area contributed by atoms with E-state index in [1.54, 1.807) is 0 Å². The molecule has 8 aromatic carbocycles. The number of fused-ring (bicyclic) bond motifs is 9. The molecule has 4 heterocycles. The molecule has 12 aromatic rings. The summed E-state index contributed by atoms with van der Waals surface area (Å²) in [7, 11) is 0. The van der Waals surface area contributed by atoms with Crippen LogP contribution in [0.2, 0.25) is 0 Å². The van der Waals surface area contributed by atoms with Crippen LogP contribution in [0.1, 0.15) is 0 Å². The molecule has 0 aliphatic heterocycles. The summed E-state index contributed by atoms with van der Waals surface area (Å²) in [5, 5.41) is 6.64. The molecular weight excluding hydrogens is 699 g/mol. The van der Waals surface area contributed by atoms with Gasteiger partial charge in [-0.15, -0.1) is 0 Å². The maximum Gasteiger partial charge on any atom is 0.161 e. The van der Waals surface area contributed by atoms with Gasteiger partial charge in [-0.2, -0.15) is 0 Å². The van der Waals surface area contributed by atoms with E-state index in [4.69, 9.17) is 18.8 Å². The molecule has 0 unspecified atom stereocenters. The molecule has 0 spiro atoms. The van der Waals surface area contributed by atoms with Gasteiger partial charge in [0.25, 0.3) is 0 Å². The largest absolute Gasteiger partial charge is 0.456 e. The van der Waals surface area contributed by atoms with Crippen LogP contribution in [-0.2, 0) is 0 Å². The zero-order valence-corrected chi connectivity index (χ0v) is 30.6. The minimum absolute atomic E-state index is 0.628. The highest BCUT2D eigenvalue weighted by Gasteiger charge is 2.19. The molecule has 0 saturated heterocycles. The molecular formula is C52H31N3O2. The van der Waals surface area contributed by atoms with Gasteiger partial charge in [0.1, 0.15) is 22.3 Å². The van der Waals surface area contributed by atoms with Crippen molar-refractivity contribution in [2.24, 2.45) is 0 Å². The van der Waals surface area contributed by atoms with E-state index < -0.39 is 0 Å². The second kappa shape index (κ2) is 12.4. The third-order valence-electron chi connectivity index (χ3n) is 11.2. The van der Waals surface area contributed by atoms with Gasteiger partial charge in [0.15, 0.2) is 5.82 Å². The summed E-state index contributed by atoms with van der Waals surface area (Å²) in [4.78, 5) is 10.5. The van der Waals surface area contributed by atoms with Crippen molar-refractivity contribution in [1.82, 2.24) is 14.5 Å². The molecule has 0 N–H and O–H groups in total. The second-order valence-electron chi connectivity index (χ2n) is 14.5. The van der Waals surface area contributed by atoms with E-state index in [1.165, 1.54) is 16.3 Å². The van der Waals surface area contributed by atoms with Gasteiger partial charge in [-0.1, -0.05) is 121 Å². The minimum atomic E-state index is 0.628. The van der Waals surface area contributed by atoms with Crippen molar-refractivity contribution in [1.29, 1.82) is 0 Å². The first-order valence-corrected chi connectivity index (χ1v) is 19.1. The van der Waals surface area contributed by atoms with Crippen LogP contribution in [-0.4, -0.2) is 14.5 Å². The quantitative estimate of drug-likeness (QED) is 0.177. The lowest BCUT2D eigenvalue weighted by atomic mass is 9.99. The molecule has 4 aromatic heterocycles. The fraction of sp³-hybridized carbons (Fsp3) is 0. The average molecular weight is 730 g/mol. The molecule has 0 bridgehead atoms. The molecule has 12 rings (SSSR count). The van der Waals surface area contributed by atoms with E-state index in [9.17, 15) is 0 Å². The van der Waals surface area contributed by atoms with Crippen LogP contribution in [0, 0.1) is 0 Å². The number of hydrogen-bond acceptors (Lipinski definition) is 4. The summed E-state index contributed by atoms with van der Waals surface area (Å²) < 4.78 is 15.2. The highest BCUT2D eigenvalue weighted by molar-refractivity contribution is 6.14. The molecule has 0 aliphatic carbocycles. The monoisotopic (exact) mass is 729 g/mol. The van der Waals surface area contributed by atoms with E-state index in [0.717, 1.165) is 94.3 Å². The first-order chi connectivity index (χ1) is 28.2. The molecule has 0 aliphatic rings. The Morgan fingerprint density at radius 1 is 0.351 bits per heavy atom. The predicted molar refractivity (Wildman–Crippen MR) is 233 cm³/mol. The summed E-state index contributed by atoms with van der Waals surface area (Å²) in [6, 6.07) is 65.5. The van der Waals surface area contributed by atoms with E-state index >= 15 is 0 Å². The van der Waals surface area contributed by atoms with Crippen LogP contribution >= 0.6 is 0 Å². The van der Waals surface area contributed by atoms with Gasteiger partial charge < -0.3 is 13.4 Å². The third-order valence-corrected chi connectivity index (χ3v) is 11.2. The van der Waals surface area contributed by atoms with Crippen molar-refractivity contribution in [3.63, 3.8) is 0 Å². The molecule has 5 heteroatoms. The van der Waals surface area contributed by atoms with Gasteiger partial charge >= 0.3 is 0 Å². The first kappa shape index (κ1) is 31.6. The lowest BCUT2D eigenvalue weighted by Gasteiger charge is -2.10. The number of para-hydroxylation sites is 3. The predicted octanol–water partition coefficient (Wildman–Crippen LogP) is 14.0. The lowest BCUT2D eigenvalue weighted by Crippen LogP contribution is -1.96. The summed E-state index contributed by atoms with van der Waals surface area (Å²) in [5.41, 5.74) is 13.6. The van der Waals surface area contributed by atoms with Crippen molar-refractivity contribution in [3.8, 4) is 50.7 Å². The minimum Gasteiger partial charge on any atom is -0.456 e. The zero-order chi connectivity index (χ0) is 37.5. The van der Waals surface area contributed by atoms with Crippen LogP contribution in [0.5, 0.6) is 0 Å².